The number of aryl methyl sites for hydroxylation is 1. The van der Waals surface area contributed by atoms with Crippen LogP contribution in [-0.4, -0.2) is 39.6 Å². The Morgan fingerprint density at radius 1 is 1.15 bits per heavy atom. The van der Waals surface area contributed by atoms with Gasteiger partial charge in [0.2, 0.25) is 10.0 Å². The molecule has 1 aromatic carbocycles. The Kier molecular flexibility index (Phi) is 5.37. The number of sulfonamides is 1. The van der Waals surface area contributed by atoms with Crippen LogP contribution >= 0.6 is 11.3 Å². The van der Waals surface area contributed by atoms with Crippen LogP contribution in [-0.2, 0) is 16.2 Å². The molecule has 0 unspecified atom stereocenters. The van der Waals surface area contributed by atoms with Crippen molar-refractivity contribution in [1.29, 1.82) is 0 Å². The molecular formula is C16H19F3N4O2S2. The average molecular weight is 420 g/mol. The van der Waals surface area contributed by atoms with E-state index in [2.05, 4.69) is 9.88 Å². The van der Waals surface area contributed by atoms with Gasteiger partial charge in [-0.05, 0) is 31.5 Å². The third-order valence-corrected chi connectivity index (χ3v) is 6.25. The van der Waals surface area contributed by atoms with Crippen molar-refractivity contribution in [2.45, 2.75) is 24.4 Å². The Morgan fingerprint density at radius 3 is 2.41 bits per heavy atom. The molecule has 2 heterocycles. The Hall–Kier alpha value is -1.85. The lowest BCUT2D eigenvalue weighted by Gasteiger charge is -2.27. The fraction of sp³-hybridized carbons (Fsp3) is 0.438. The molecule has 6 nitrogen and oxygen atoms in total. The number of thiazole rings is 1. The summed E-state index contributed by atoms with van der Waals surface area (Å²) >= 11 is 1.51. The third kappa shape index (κ3) is 4.53. The summed E-state index contributed by atoms with van der Waals surface area (Å²) in [7, 11) is -4.22. The molecule has 0 radical (unpaired) electrons. The number of alkyl halides is 3. The molecule has 1 aliphatic rings. The fourth-order valence-electron chi connectivity index (χ4n) is 3.03. The molecule has 0 amide bonds. The lowest BCUT2D eigenvalue weighted by Crippen LogP contribution is -2.32. The molecule has 148 valence electrons. The molecule has 2 aromatic rings. The molecule has 1 fully saturated rings. The first-order valence-electron chi connectivity index (χ1n) is 8.22. The van der Waals surface area contributed by atoms with E-state index in [1.54, 1.807) is 4.90 Å². The number of halogens is 3. The maximum absolute atomic E-state index is 13.5. The summed E-state index contributed by atoms with van der Waals surface area (Å²) in [6.45, 7) is 3.92. The Labute approximate surface area is 159 Å². The van der Waals surface area contributed by atoms with Gasteiger partial charge in [0, 0.05) is 37.2 Å². The number of rotatable bonds is 3. The molecule has 0 bridgehead atoms. The fourth-order valence-corrected chi connectivity index (χ4v) is 4.43. The number of primary sulfonamides is 1. The van der Waals surface area contributed by atoms with E-state index in [9.17, 15) is 21.6 Å². The number of nitrogens with zero attached hydrogens (tertiary/aromatic N) is 3. The second-order valence-corrected chi connectivity index (χ2v) is 8.72. The summed E-state index contributed by atoms with van der Waals surface area (Å²) in [5.74, 6) is 0. The number of nitrogens with two attached hydrogens (primary N) is 1. The topological polar surface area (TPSA) is 79.5 Å². The van der Waals surface area contributed by atoms with E-state index in [-0.39, 0.29) is 5.69 Å². The summed E-state index contributed by atoms with van der Waals surface area (Å²) in [5.41, 5.74) is -0.117. The highest BCUT2D eigenvalue weighted by atomic mass is 32.2. The molecule has 3 rings (SSSR count). The Bertz CT molecular complexity index is 928. The van der Waals surface area contributed by atoms with Gasteiger partial charge < -0.3 is 9.80 Å². The van der Waals surface area contributed by atoms with Gasteiger partial charge in [-0.15, -0.1) is 11.3 Å². The van der Waals surface area contributed by atoms with Crippen LogP contribution in [0.4, 0.5) is 24.0 Å². The van der Waals surface area contributed by atoms with Crippen LogP contribution in [0.25, 0.3) is 0 Å². The molecule has 11 heteroatoms. The minimum Gasteiger partial charge on any atom is -0.369 e. The van der Waals surface area contributed by atoms with Crippen molar-refractivity contribution in [3.63, 3.8) is 0 Å². The van der Waals surface area contributed by atoms with E-state index in [1.165, 1.54) is 17.4 Å². The van der Waals surface area contributed by atoms with Gasteiger partial charge in [0.25, 0.3) is 0 Å². The van der Waals surface area contributed by atoms with Gasteiger partial charge in [-0.1, -0.05) is 0 Å². The maximum Gasteiger partial charge on any atom is 0.418 e. The van der Waals surface area contributed by atoms with E-state index in [1.807, 2.05) is 12.3 Å². The van der Waals surface area contributed by atoms with Crippen LogP contribution in [0.3, 0.4) is 0 Å². The van der Waals surface area contributed by atoms with Crippen LogP contribution in [0, 0.1) is 6.92 Å². The minimum atomic E-state index is -4.69. The number of anilines is 2. The van der Waals surface area contributed by atoms with Crippen molar-refractivity contribution in [3.8, 4) is 0 Å². The molecular weight excluding hydrogens is 401 g/mol. The van der Waals surface area contributed by atoms with Gasteiger partial charge in [0.1, 0.15) is 0 Å². The monoisotopic (exact) mass is 420 g/mol. The van der Waals surface area contributed by atoms with Crippen molar-refractivity contribution in [3.05, 3.63) is 34.8 Å². The highest BCUT2D eigenvalue weighted by molar-refractivity contribution is 7.89. The molecule has 0 aliphatic carbocycles. The molecule has 0 saturated carbocycles. The molecule has 27 heavy (non-hydrogen) atoms. The lowest BCUT2D eigenvalue weighted by molar-refractivity contribution is -0.137. The number of benzene rings is 1. The second-order valence-electron chi connectivity index (χ2n) is 6.32. The van der Waals surface area contributed by atoms with Gasteiger partial charge in [-0.2, -0.15) is 13.2 Å². The highest BCUT2D eigenvalue weighted by Gasteiger charge is 2.36. The van der Waals surface area contributed by atoms with Crippen LogP contribution < -0.4 is 14.9 Å². The summed E-state index contributed by atoms with van der Waals surface area (Å²) < 4.78 is 63.5. The van der Waals surface area contributed by atoms with Crippen molar-refractivity contribution in [1.82, 2.24) is 4.98 Å². The third-order valence-electron chi connectivity index (χ3n) is 4.32. The van der Waals surface area contributed by atoms with Crippen molar-refractivity contribution in [2.75, 3.05) is 36.0 Å². The number of hydrogen-bond acceptors (Lipinski definition) is 6. The lowest BCUT2D eigenvalue weighted by atomic mass is 10.1. The van der Waals surface area contributed by atoms with Crippen molar-refractivity contribution < 1.29 is 21.6 Å². The normalized spacial score (nSPS) is 16.5. The molecule has 0 atom stereocenters. The van der Waals surface area contributed by atoms with Gasteiger partial charge in [0.15, 0.2) is 5.13 Å². The van der Waals surface area contributed by atoms with E-state index in [4.69, 9.17) is 5.14 Å². The quantitative estimate of drug-likeness (QED) is 0.826. The molecule has 0 spiro atoms. The minimum absolute atomic E-state index is 0.0351. The molecule has 1 aromatic heterocycles. The summed E-state index contributed by atoms with van der Waals surface area (Å²) in [5, 5.41) is 7.78. The van der Waals surface area contributed by atoms with Crippen LogP contribution in [0.15, 0.2) is 28.5 Å². The van der Waals surface area contributed by atoms with Crippen molar-refractivity contribution >= 4 is 32.2 Å². The summed E-state index contributed by atoms with van der Waals surface area (Å²) in [6, 6.07) is 2.91. The van der Waals surface area contributed by atoms with E-state index in [0.29, 0.717) is 38.7 Å². The van der Waals surface area contributed by atoms with Crippen LogP contribution in [0.1, 0.15) is 17.7 Å². The summed E-state index contributed by atoms with van der Waals surface area (Å²) in [4.78, 5) is 7.58. The Morgan fingerprint density at radius 2 is 1.81 bits per heavy atom. The largest absolute Gasteiger partial charge is 0.418 e. The zero-order valence-corrected chi connectivity index (χ0v) is 16.2. The zero-order valence-electron chi connectivity index (χ0n) is 14.5. The van der Waals surface area contributed by atoms with Gasteiger partial charge in [-0.25, -0.2) is 18.5 Å². The predicted octanol–water partition coefficient (Wildman–Crippen LogP) is 2.83. The van der Waals surface area contributed by atoms with Gasteiger partial charge in [-0.3, -0.25) is 0 Å². The molecule has 2 N–H and O–H groups in total. The second kappa shape index (κ2) is 7.28. The van der Waals surface area contributed by atoms with E-state index in [0.717, 1.165) is 16.9 Å². The van der Waals surface area contributed by atoms with E-state index >= 15 is 0 Å². The Balaban J connectivity index is 1.89. The van der Waals surface area contributed by atoms with Crippen LogP contribution in [0.5, 0.6) is 0 Å². The molecule has 1 aliphatic heterocycles. The summed E-state index contributed by atoms with van der Waals surface area (Å²) in [6.07, 6.45) is -4.03. The zero-order chi connectivity index (χ0) is 19.8. The maximum atomic E-state index is 13.5. The standard InChI is InChI=1S/C16H19F3N4O2S2/c1-11-10-26-15(21-11)23-6-2-5-22(7-8-23)14-4-3-12(27(20,24)25)9-13(14)16(17,18)19/h3-4,9-10H,2,5-8H2,1H3,(H2,20,24,25). The van der Waals surface area contributed by atoms with Crippen molar-refractivity contribution in [2.24, 2.45) is 5.14 Å². The smallest absolute Gasteiger partial charge is 0.369 e. The number of hydrogen-bond donors (Lipinski definition) is 1. The SMILES string of the molecule is Cc1csc(N2CCCN(c3ccc(S(N)(=O)=O)cc3C(F)(F)F)CC2)n1. The predicted molar refractivity (Wildman–Crippen MR) is 98.7 cm³/mol. The average Bonchev–Trinajstić information content (AvgIpc) is 2.86. The van der Waals surface area contributed by atoms with Gasteiger partial charge >= 0.3 is 6.18 Å². The highest BCUT2D eigenvalue weighted by Crippen LogP contribution is 2.38. The first kappa shape index (κ1) is 19.9. The first-order chi connectivity index (χ1) is 12.6. The first-order valence-corrected chi connectivity index (χ1v) is 10.6. The van der Waals surface area contributed by atoms with Gasteiger partial charge in [0.05, 0.1) is 16.2 Å². The number of aromatic nitrogens is 1. The molecule has 1 saturated heterocycles. The van der Waals surface area contributed by atoms with Crippen LogP contribution in [0.2, 0.25) is 0 Å². The van der Waals surface area contributed by atoms with E-state index < -0.39 is 26.7 Å².